The molecule has 31 heavy (non-hydrogen) atoms. The van der Waals surface area contributed by atoms with Crippen molar-refractivity contribution >= 4 is 17.6 Å². The summed E-state index contributed by atoms with van der Waals surface area (Å²) in [6.07, 6.45) is 1.59. The molecule has 0 amide bonds. The molecule has 3 N–H and O–H groups in total. The molecule has 3 aromatic carbocycles. The lowest BCUT2D eigenvalue weighted by atomic mass is 9.82. The van der Waals surface area contributed by atoms with E-state index in [1.807, 2.05) is 36.4 Å². The molecule has 0 bridgehead atoms. The molecule has 8 heteroatoms. The first kappa shape index (κ1) is 19.7. The van der Waals surface area contributed by atoms with Crippen molar-refractivity contribution in [2.75, 3.05) is 0 Å². The summed E-state index contributed by atoms with van der Waals surface area (Å²) in [5, 5.41) is 31.3. The van der Waals surface area contributed by atoms with Crippen LogP contribution in [0, 0.1) is 21.4 Å². The van der Waals surface area contributed by atoms with E-state index in [4.69, 9.17) is 10.5 Å². The average molecular weight is 412 g/mol. The third-order valence-corrected chi connectivity index (χ3v) is 4.92. The van der Waals surface area contributed by atoms with Crippen molar-refractivity contribution in [3.05, 3.63) is 105 Å². The number of hydrogen-bond donors (Lipinski definition) is 2. The lowest BCUT2D eigenvalue weighted by molar-refractivity contribution is -0.384. The first-order valence-electron chi connectivity index (χ1n) is 9.26. The Kier molecular flexibility index (Phi) is 5.08. The average Bonchev–Trinajstić information content (AvgIpc) is 2.78. The molecule has 0 saturated heterocycles. The Hall–Kier alpha value is -4.64. The van der Waals surface area contributed by atoms with Crippen molar-refractivity contribution in [1.82, 2.24) is 0 Å². The summed E-state index contributed by atoms with van der Waals surface area (Å²) in [4.78, 5) is 14.9. The van der Waals surface area contributed by atoms with Crippen LogP contribution >= 0.6 is 0 Å². The second-order valence-electron chi connectivity index (χ2n) is 6.78. The number of benzene rings is 3. The van der Waals surface area contributed by atoms with Gasteiger partial charge in [-0.2, -0.15) is 5.26 Å². The zero-order chi connectivity index (χ0) is 22.0. The number of nitriles is 1. The molecule has 152 valence electrons. The van der Waals surface area contributed by atoms with E-state index in [1.54, 1.807) is 12.3 Å². The number of non-ortho nitro benzene ring substituents is 1. The summed E-state index contributed by atoms with van der Waals surface area (Å²) in [6.45, 7) is 0. The summed E-state index contributed by atoms with van der Waals surface area (Å²) in [5.74, 6) is -0.659. The predicted molar refractivity (Wildman–Crippen MR) is 114 cm³/mol. The molecule has 1 aliphatic rings. The number of nitrogens with two attached hydrogens (primary N) is 1. The van der Waals surface area contributed by atoms with Crippen LogP contribution in [0.15, 0.2) is 83.2 Å². The Bertz CT molecular complexity index is 1260. The maximum Gasteiger partial charge on any atom is 0.269 e. The number of nitro benzene ring substituents is 1. The van der Waals surface area contributed by atoms with E-state index in [9.17, 15) is 20.5 Å². The monoisotopic (exact) mass is 412 g/mol. The van der Waals surface area contributed by atoms with Crippen LogP contribution in [0.3, 0.4) is 0 Å². The van der Waals surface area contributed by atoms with Crippen molar-refractivity contribution in [1.29, 1.82) is 5.26 Å². The molecule has 0 fully saturated rings. The van der Waals surface area contributed by atoms with E-state index in [0.29, 0.717) is 16.7 Å². The van der Waals surface area contributed by atoms with Gasteiger partial charge in [-0.25, -0.2) is 0 Å². The van der Waals surface area contributed by atoms with Crippen molar-refractivity contribution in [2.24, 2.45) is 10.7 Å². The van der Waals surface area contributed by atoms with Crippen molar-refractivity contribution < 1.29 is 14.8 Å². The van der Waals surface area contributed by atoms with Crippen LogP contribution in [0.2, 0.25) is 0 Å². The number of fused-ring (bicyclic) bond motifs is 1. The molecule has 1 atom stereocenters. The number of aliphatic imine (C=N–C) groups is 1. The van der Waals surface area contributed by atoms with E-state index in [1.165, 1.54) is 30.3 Å². The van der Waals surface area contributed by atoms with Crippen LogP contribution in [0.1, 0.15) is 22.6 Å². The molecule has 0 aromatic heterocycles. The quantitative estimate of drug-likeness (QED) is 0.373. The Morgan fingerprint density at radius 3 is 2.48 bits per heavy atom. The zero-order valence-corrected chi connectivity index (χ0v) is 16.1. The predicted octanol–water partition coefficient (Wildman–Crippen LogP) is 4.27. The number of nitro groups is 1. The smallest absolute Gasteiger partial charge is 0.269 e. The number of allylic oxidation sites excluding steroid dienone is 1. The van der Waals surface area contributed by atoms with E-state index in [-0.39, 0.29) is 28.6 Å². The highest BCUT2D eigenvalue weighted by molar-refractivity contribution is 5.88. The Morgan fingerprint density at radius 2 is 1.84 bits per heavy atom. The molecule has 3 aromatic rings. The molecule has 8 nitrogen and oxygen atoms in total. The van der Waals surface area contributed by atoms with Gasteiger partial charge < -0.3 is 15.6 Å². The molecule has 4 rings (SSSR count). The second kappa shape index (κ2) is 8.00. The van der Waals surface area contributed by atoms with Crippen molar-refractivity contribution in [3.63, 3.8) is 0 Å². The summed E-state index contributed by atoms with van der Waals surface area (Å²) >= 11 is 0. The van der Waals surface area contributed by atoms with E-state index in [2.05, 4.69) is 4.99 Å². The molecule has 0 saturated carbocycles. The minimum atomic E-state index is -0.750. The summed E-state index contributed by atoms with van der Waals surface area (Å²) in [7, 11) is 0. The largest absolute Gasteiger partial charge is 0.507 e. The van der Waals surface area contributed by atoms with Crippen molar-refractivity contribution in [3.8, 4) is 17.6 Å². The lowest BCUT2D eigenvalue weighted by Gasteiger charge is -2.28. The number of phenols is 1. The van der Waals surface area contributed by atoms with E-state index in [0.717, 1.165) is 5.69 Å². The molecule has 1 heterocycles. The molecular weight excluding hydrogens is 396 g/mol. The van der Waals surface area contributed by atoms with Gasteiger partial charge in [-0.1, -0.05) is 30.3 Å². The maximum atomic E-state index is 11.0. The van der Waals surface area contributed by atoms with Gasteiger partial charge in [0.05, 0.1) is 22.1 Å². The minimum absolute atomic E-state index is 0.0838. The zero-order valence-electron chi connectivity index (χ0n) is 16.1. The molecule has 0 radical (unpaired) electrons. The molecule has 0 aliphatic carbocycles. The number of para-hydroxylation sites is 1. The normalized spacial score (nSPS) is 15.3. The number of hydrogen-bond acceptors (Lipinski definition) is 7. The van der Waals surface area contributed by atoms with Crippen molar-refractivity contribution in [2.45, 2.75) is 5.92 Å². The lowest BCUT2D eigenvalue weighted by Crippen LogP contribution is -2.22. The first-order valence-corrected chi connectivity index (χ1v) is 9.26. The van der Waals surface area contributed by atoms with Gasteiger partial charge in [0.15, 0.2) is 0 Å². The molecule has 0 unspecified atom stereocenters. The van der Waals surface area contributed by atoms with Crippen LogP contribution in [-0.2, 0) is 0 Å². The van der Waals surface area contributed by atoms with Gasteiger partial charge in [0.1, 0.15) is 23.1 Å². The molecular formula is C23H16N4O4. The summed E-state index contributed by atoms with van der Waals surface area (Å²) in [5.41, 5.74) is 8.25. The van der Waals surface area contributed by atoms with E-state index >= 15 is 0 Å². The molecule has 0 spiro atoms. The Labute approximate surface area is 177 Å². The highest BCUT2D eigenvalue weighted by Gasteiger charge is 2.34. The van der Waals surface area contributed by atoms with Gasteiger partial charge in [0.2, 0.25) is 5.88 Å². The highest BCUT2D eigenvalue weighted by Crippen LogP contribution is 2.47. The number of phenolic OH excluding ortho intramolecular Hbond substituents is 1. The number of rotatable bonds is 4. The maximum absolute atomic E-state index is 11.0. The van der Waals surface area contributed by atoms with Gasteiger partial charge in [-0.05, 0) is 29.8 Å². The molecule has 1 aliphatic heterocycles. The summed E-state index contributed by atoms with van der Waals surface area (Å²) in [6, 6.07) is 20.2. The van der Waals surface area contributed by atoms with E-state index < -0.39 is 10.8 Å². The fourth-order valence-corrected chi connectivity index (χ4v) is 3.45. The van der Waals surface area contributed by atoms with Crippen LogP contribution < -0.4 is 10.5 Å². The first-order chi connectivity index (χ1) is 15.0. The standard InChI is InChI=1S/C23H16N4O4/c24-12-18-20(14-6-9-17(10-7-14)27(29)30)21-19(28)11-8-15(22(21)31-23(18)25)13-26-16-4-2-1-3-5-16/h1-11,13,20,28H,25H2/t20-/m1/s1. The van der Waals surface area contributed by atoms with Gasteiger partial charge in [-0.3, -0.25) is 15.1 Å². The van der Waals surface area contributed by atoms with Crippen LogP contribution in [-0.4, -0.2) is 16.2 Å². The number of nitrogens with zero attached hydrogens (tertiary/aromatic N) is 3. The van der Waals surface area contributed by atoms with Gasteiger partial charge in [0, 0.05) is 23.9 Å². The topological polar surface area (TPSA) is 135 Å². The van der Waals surface area contributed by atoms with Crippen LogP contribution in [0.4, 0.5) is 11.4 Å². The fraction of sp³-hybridized carbons (Fsp3) is 0.0435. The Morgan fingerprint density at radius 1 is 1.13 bits per heavy atom. The van der Waals surface area contributed by atoms with Gasteiger partial charge in [-0.15, -0.1) is 0 Å². The third-order valence-electron chi connectivity index (χ3n) is 4.92. The Balaban J connectivity index is 1.85. The highest BCUT2D eigenvalue weighted by atomic mass is 16.6. The second-order valence-corrected chi connectivity index (χ2v) is 6.78. The minimum Gasteiger partial charge on any atom is -0.507 e. The SMILES string of the molecule is N#CC1=C(N)Oc2c(C=Nc3ccccc3)ccc(O)c2[C@@H]1c1ccc([N+](=O)[O-])cc1. The summed E-state index contributed by atoms with van der Waals surface area (Å²) < 4.78 is 5.72. The third kappa shape index (κ3) is 3.68. The number of ether oxygens (including phenoxy) is 1. The fourth-order valence-electron chi connectivity index (χ4n) is 3.45. The van der Waals surface area contributed by atoms with Crippen LogP contribution in [0.5, 0.6) is 11.5 Å². The van der Waals surface area contributed by atoms with Gasteiger partial charge in [0.25, 0.3) is 5.69 Å². The van der Waals surface area contributed by atoms with Crippen LogP contribution in [0.25, 0.3) is 0 Å². The number of aromatic hydroxyl groups is 1. The van der Waals surface area contributed by atoms with Gasteiger partial charge >= 0.3 is 0 Å².